The summed E-state index contributed by atoms with van der Waals surface area (Å²) in [7, 11) is 1.22. The third kappa shape index (κ3) is 34.7. The molecule has 0 aromatic heterocycles. The molecule has 286 valence electrons. The molecule has 0 fully saturated rings. The molecule has 0 bridgehead atoms. The number of phosphoric acid groups is 1. The number of nitrogens with one attached hydrogen (secondary N) is 1. The fraction of sp³-hybridized carbons (Fsp3) is 0.775. The van der Waals surface area contributed by atoms with Crippen LogP contribution in [0.1, 0.15) is 149 Å². The molecular formula is C40H75N2O6P. The highest BCUT2D eigenvalue weighted by molar-refractivity contribution is 7.45. The predicted molar refractivity (Wildman–Crippen MR) is 205 cm³/mol. The Hall–Kier alpha value is -1.54. The van der Waals surface area contributed by atoms with E-state index >= 15 is 0 Å². The second-order valence-electron chi connectivity index (χ2n) is 14.3. The lowest BCUT2D eigenvalue weighted by Crippen LogP contribution is -2.45. The Labute approximate surface area is 301 Å². The molecule has 8 nitrogen and oxygen atoms in total. The number of amides is 1. The van der Waals surface area contributed by atoms with Crippen LogP contribution >= 0.6 is 7.82 Å². The zero-order valence-electron chi connectivity index (χ0n) is 32.1. The molecule has 3 unspecified atom stereocenters. The van der Waals surface area contributed by atoms with Gasteiger partial charge in [-0.2, -0.15) is 0 Å². The molecule has 0 saturated carbocycles. The summed E-state index contributed by atoms with van der Waals surface area (Å²) in [5.41, 5.74) is 0. The maximum atomic E-state index is 12.7. The molecule has 0 saturated heterocycles. The van der Waals surface area contributed by atoms with E-state index in [1.807, 2.05) is 27.2 Å². The Morgan fingerprint density at radius 3 is 1.73 bits per heavy atom. The summed E-state index contributed by atoms with van der Waals surface area (Å²) in [6, 6.07) is -0.911. The maximum absolute atomic E-state index is 12.7. The van der Waals surface area contributed by atoms with Crippen LogP contribution in [-0.4, -0.2) is 68.5 Å². The molecule has 0 aliphatic heterocycles. The molecule has 0 spiro atoms. The number of hydrogen-bond acceptors (Lipinski definition) is 6. The van der Waals surface area contributed by atoms with Crippen LogP contribution in [0.4, 0.5) is 0 Å². The van der Waals surface area contributed by atoms with E-state index in [9.17, 15) is 19.4 Å². The first kappa shape index (κ1) is 47.5. The van der Waals surface area contributed by atoms with E-state index in [-0.39, 0.29) is 12.5 Å². The normalized spacial score (nSPS) is 15.2. The molecule has 49 heavy (non-hydrogen) atoms. The van der Waals surface area contributed by atoms with Gasteiger partial charge in [0, 0.05) is 6.42 Å². The van der Waals surface area contributed by atoms with Crippen LogP contribution in [0, 0.1) is 0 Å². The number of aliphatic hydroxyl groups is 1. The van der Waals surface area contributed by atoms with Crippen molar-refractivity contribution in [3.63, 3.8) is 0 Å². The maximum Gasteiger partial charge on any atom is 0.268 e. The number of carbonyl (C=O) groups is 1. The number of quaternary nitrogens is 1. The average molecular weight is 711 g/mol. The van der Waals surface area contributed by atoms with Crippen molar-refractivity contribution in [2.75, 3.05) is 40.9 Å². The van der Waals surface area contributed by atoms with E-state index in [1.165, 1.54) is 57.8 Å². The highest BCUT2D eigenvalue weighted by atomic mass is 31.2. The fourth-order valence-electron chi connectivity index (χ4n) is 5.07. The molecule has 0 aliphatic rings. The number of phosphoric ester groups is 1. The lowest BCUT2D eigenvalue weighted by atomic mass is 10.1. The van der Waals surface area contributed by atoms with E-state index in [0.717, 1.165) is 70.6 Å². The zero-order valence-corrected chi connectivity index (χ0v) is 33.0. The van der Waals surface area contributed by atoms with Crippen LogP contribution in [0.5, 0.6) is 0 Å². The van der Waals surface area contributed by atoms with Crippen LogP contribution in [0.15, 0.2) is 48.6 Å². The summed E-state index contributed by atoms with van der Waals surface area (Å²) in [6.45, 7) is 4.51. The molecule has 0 aliphatic carbocycles. The van der Waals surface area contributed by atoms with E-state index in [2.05, 4.69) is 55.6 Å². The molecule has 0 radical (unpaired) electrons. The van der Waals surface area contributed by atoms with Gasteiger partial charge in [0.25, 0.3) is 7.82 Å². The van der Waals surface area contributed by atoms with Crippen LogP contribution in [0.25, 0.3) is 0 Å². The number of aliphatic hydroxyl groups excluding tert-OH is 1. The SMILES string of the molecule is CCC/C=C\CCCCCCCC(=O)NC(COP(=O)([O-])OCC[N+](C)(C)C)C(O)/C=C/CC/C=C/CC/C=C/CCCCCCCCC. The number of allylic oxidation sites excluding steroid dienone is 7. The van der Waals surface area contributed by atoms with Crippen molar-refractivity contribution in [2.45, 2.75) is 161 Å². The average Bonchev–Trinajstić information content (AvgIpc) is 3.04. The Balaban J connectivity index is 4.61. The molecule has 0 aromatic rings. The van der Waals surface area contributed by atoms with Gasteiger partial charge in [-0.05, 0) is 64.2 Å². The number of nitrogens with zero attached hydrogens (tertiary/aromatic N) is 1. The third-order valence-electron chi connectivity index (χ3n) is 8.22. The standard InChI is InChI=1S/C40H75N2O6P/c1-6-8-10-12-14-16-18-19-20-21-22-23-24-25-27-29-31-33-39(43)38(37-48-49(45,46)47-36-35-42(3,4)5)41-40(44)34-32-30-28-26-17-15-13-11-9-7-2/h11,13,20-21,24-25,31,33,38-39,43H,6-10,12,14-19,22-23,26-30,32,34-37H2,1-5H3,(H-,41,44,45,46)/b13-11-,21-20+,25-24+,33-31+. The molecule has 9 heteroatoms. The van der Waals surface area contributed by atoms with Crippen LogP contribution < -0.4 is 10.2 Å². The van der Waals surface area contributed by atoms with Gasteiger partial charge in [-0.3, -0.25) is 9.36 Å². The summed E-state index contributed by atoms with van der Waals surface area (Å²) in [4.78, 5) is 25.1. The topological polar surface area (TPSA) is 108 Å². The van der Waals surface area contributed by atoms with Crippen molar-refractivity contribution in [2.24, 2.45) is 0 Å². The summed E-state index contributed by atoms with van der Waals surface area (Å²) in [5, 5.41) is 13.7. The number of rotatable bonds is 34. The minimum Gasteiger partial charge on any atom is -0.756 e. The van der Waals surface area contributed by atoms with E-state index in [0.29, 0.717) is 17.4 Å². The van der Waals surface area contributed by atoms with Crippen molar-refractivity contribution >= 4 is 13.7 Å². The van der Waals surface area contributed by atoms with Crippen molar-refractivity contribution in [3.8, 4) is 0 Å². The molecule has 3 atom stereocenters. The van der Waals surface area contributed by atoms with Gasteiger partial charge in [0.05, 0.1) is 39.9 Å². The highest BCUT2D eigenvalue weighted by Crippen LogP contribution is 2.38. The lowest BCUT2D eigenvalue weighted by Gasteiger charge is -2.29. The lowest BCUT2D eigenvalue weighted by molar-refractivity contribution is -0.870. The van der Waals surface area contributed by atoms with Gasteiger partial charge in [0.15, 0.2) is 0 Å². The Bertz CT molecular complexity index is 944. The summed E-state index contributed by atoms with van der Waals surface area (Å²) in [6.07, 6.45) is 38.8. The van der Waals surface area contributed by atoms with E-state index < -0.39 is 26.6 Å². The number of carbonyl (C=O) groups excluding carboxylic acids is 1. The number of hydrogen-bond donors (Lipinski definition) is 2. The minimum atomic E-state index is -4.59. The summed E-state index contributed by atoms with van der Waals surface area (Å²) in [5.74, 6) is -0.227. The quantitative estimate of drug-likeness (QED) is 0.0298. The highest BCUT2D eigenvalue weighted by Gasteiger charge is 2.23. The molecule has 2 N–H and O–H groups in total. The Morgan fingerprint density at radius 2 is 1.18 bits per heavy atom. The second kappa shape index (κ2) is 32.4. The first-order chi connectivity index (χ1) is 23.5. The fourth-order valence-corrected chi connectivity index (χ4v) is 5.79. The first-order valence-corrected chi connectivity index (χ1v) is 21.0. The van der Waals surface area contributed by atoms with Crippen LogP contribution in [-0.2, 0) is 18.4 Å². The minimum absolute atomic E-state index is 0.0121. The smallest absolute Gasteiger partial charge is 0.268 e. The third-order valence-corrected chi connectivity index (χ3v) is 9.18. The van der Waals surface area contributed by atoms with Gasteiger partial charge in [-0.1, -0.05) is 127 Å². The van der Waals surface area contributed by atoms with Gasteiger partial charge in [-0.25, -0.2) is 0 Å². The van der Waals surface area contributed by atoms with Gasteiger partial charge < -0.3 is 28.8 Å². The van der Waals surface area contributed by atoms with E-state index in [1.54, 1.807) is 6.08 Å². The summed E-state index contributed by atoms with van der Waals surface area (Å²) < 4.78 is 23.0. The first-order valence-electron chi connectivity index (χ1n) is 19.5. The molecular weight excluding hydrogens is 635 g/mol. The predicted octanol–water partition coefficient (Wildman–Crippen LogP) is 9.50. The largest absolute Gasteiger partial charge is 0.756 e. The zero-order chi connectivity index (χ0) is 36.5. The van der Waals surface area contributed by atoms with Gasteiger partial charge in [0.2, 0.25) is 5.91 Å². The van der Waals surface area contributed by atoms with Crippen LogP contribution in [0.2, 0.25) is 0 Å². The Morgan fingerprint density at radius 1 is 0.694 bits per heavy atom. The van der Waals surface area contributed by atoms with Crippen LogP contribution in [0.3, 0.4) is 0 Å². The van der Waals surface area contributed by atoms with E-state index in [4.69, 9.17) is 9.05 Å². The van der Waals surface area contributed by atoms with Gasteiger partial charge in [0.1, 0.15) is 13.2 Å². The Kier molecular flexibility index (Phi) is 31.4. The second-order valence-corrected chi connectivity index (χ2v) is 15.7. The summed E-state index contributed by atoms with van der Waals surface area (Å²) >= 11 is 0. The van der Waals surface area contributed by atoms with Gasteiger partial charge >= 0.3 is 0 Å². The molecule has 1 amide bonds. The number of unbranched alkanes of at least 4 members (excludes halogenated alkanes) is 15. The van der Waals surface area contributed by atoms with Gasteiger partial charge in [-0.15, -0.1) is 0 Å². The van der Waals surface area contributed by atoms with Crippen molar-refractivity contribution in [1.82, 2.24) is 5.32 Å². The molecule has 0 heterocycles. The monoisotopic (exact) mass is 711 g/mol. The number of likely N-dealkylation sites (N-methyl/N-ethyl adjacent to an activating group) is 1. The van der Waals surface area contributed by atoms with Crippen molar-refractivity contribution < 1.29 is 32.9 Å². The molecule has 0 rings (SSSR count). The van der Waals surface area contributed by atoms with Crippen molar-refractivity contribution in [3.05, 3.63) is 48.6 Å². The van der Waals surface area contributed by atoms with Crippen molar-refractivity contribution in [1.29, 1.82) is 0 Å². The molecule has 0 aromatic carbocycles.